The number of carbonyl (C=O) groups excluding carboxylic acids is 1. The van der Waals surface area contributed by atoms with Crippen LogP contribution in [0.4, 0.5) is 5.69 Å². The molecule has 0 radical (unpaired) electrons. The van der Waals surface area contributed by atoms with Crippen LogP contribution in [0.15, 0.2) is 36.4 Å². The van der Waals surface area contributed by atoms with Gasteiger partial charge in [0, 0.05) is 5.69 Å². The van der Waals surface area contributed by atoms with Crippen molar-refractivity contribution in [2.75, 3.05) is 11.9 Å². The van der Waals surface area contributed by atoms with E-state index in [0.29, 0.717) is 17.9 Å². The summed E-state index contributed by atoms with van der Waals surface area (Å²) in [4.78, 5) is 11.8. The van der Waals surface area contributed by atoms with Crippen molar-refractivity contribution in [2.45, 2.75) is 26.4 Å². The molecule has 4 heteroatoms. The quantitative estimate of drug-likeness (QED) is 0.798. The third-order valence-corrected chi connectivity index (χ3v) is 2.53. The molecular formula is C15H18N2O2. The van der Waals surface area contributed by atoms with E-state index in [4.69, 9.17) is 10.00 Å². The maximum absolute atomic E-state index is 11.8. The fourth-order valence-corrected chi connectivity index (χ4v) is 1.40. The molecule has 0 saturated carbocycles. The third-order valence-electron chi connectivity index (χ3n) is 2.53. The molecule has 0 aliphatic rings. The number of hydrogen-bond donors (Lipinski definition) is 1. The van der Waals surface area contributed by atoms with Crippen LogP contribution in [-0.2, 0) is 9.53 Å². The summed E-state index contributed by atoms with van der Waals surface area (Å²) in [6.07, 6.45) is 0.201. The van der Waals surface area contributed by atoms with Gasteiger partial charge in [-0.15, -0.1) is 6.58 Å². The van der Waals surface area contributed by atoms with E-state index >= 15 is 0 Å². The molecular weight excluding hydrogens is 240 g/mol. The van der Waals surface area contributed by atoms with Crippen LogP contribution in [0, 0.1) is 11.3 Å². The molecule has 1 unspecified atom stereocenters. The van der Waals surface area contributed by atoms with E-state index in [0.717, 1.165) is 12.0 Å². The molecule has 1 N–H and O–H groups in total. The summed E-state index contributed by atoms with van der Waals surface area (Å²) < 4.78 is 5.41. The zero-order valence-electron chi connectivity index (χ0n) is 11.3. The fraction of sp³-hybridized carbons (Fsp3) is 0.333. The first-order valence-corrected chi connectivity index (χ1v) is 6.10. The van der Waals surface area contributed by atoms with Gasteiger partial charge in [-0.3, -0.25) is 4.79 Å². The highest BCUT2D eigenvalue weighted by atomic mass is 16.5. The molecule has 0 bridgehead atoms. The molecule has 0 saturated heterocycles. The Kier molecular flexibility index (Phi) is 5.77. The van der Waals surface area contributed by atoms with Gasteiger partial charge >= 0.3 is 0 Å². The van der Waals surface area contributed by atoms with Gasteiger partial charge in [-0.05, 0) is 38.5 Å². The molecule has 0 fully saturated rings. The van der Waals surface area contributed by atoms with E-state index in [2.05, 4.69) is 11.9 Å². The zero-order chi connectivity index (χ0) is 14.3. The summed E-state index contributed by atoms with van der Waals surface area (Å²) in [5.41, 5.74) is 2.13. The smallest absolute Gasteiger partial charge is 0.253 e. The molecule has 1 aromatic carbocycles. The van der Waals surface area contributed by atoms with Crippen molar-refractivity contribution in [1.29, 1.82) is 5.26 Å². The molecule has 0 spiro atoms. The van der Waals surface area contributed by atoms with Crippen molar-refractivity contribution >= 4 is 11.6 Å². The van der Waals surface area contributed by atoms with Crippen molar-refractivity contribution in [2.24, 2.45) is 0 Å². The van der Waals surface area contributed by atoms with Crippen LogP contribution >= 0.6 is 0 Å². The maximum atomic E-state index is 11.8. The molecule has 0 aliphatic heterocycles. The van der Waals surface area contributed by atoms with E-state index in [1.165, 1.54) is 0 Å². The molecule has 0 aliphatic carbocycles. The van der Waals surface area contributed by atoms with E-state index in [1.807, 2.05) is 13.0 Å². The van der Waals surface area contributed by atoms with Crippen LogP contribution in [0.2, 0.25) is 0 Å². The maximum Gasteiger partial charge on any atom is 0.253 e. The number of benzene rings is 1. The highest BCUT2D eigenvalue weighted by Crippen LogP contribution is 2.10. The van der Waals surface area contributed by atoms with Crippen molar-refractivity contribution in [1.82, 2.24) is 0 Å². The van der Waals surface area contributed by atoms with Gasteiger partial charge in [-0.2, -0.15) is 5.26 Å². The summed E-state index contributed by atoms with van der Waals surface area (Å²) in [7, 11) is 0. The lowest BCUT2D eigenvalue weighted by molar-refractivity contribution is -0.126. The first kappa shape index (κ1) is 14.9. The van der Waals surface area contributed by atoms with Crippen molar-refractivity contribution in [3.63, 3.8) is 0 Å². The van der Waals surface area contributed by atoms with E-state index < -0.39 is 6.10 Å². The van der Waals surface area contributed by atoms with E-state index in [-0.39, 0.29) is 5.91 Å². The Hall–Kier alpha value is -2.12. The first-order valence-electron chi connectivity index (χ1n) is 6.10. The summed E-state index contributed by atoms with van der Waals surface area (Å²) in [5, 5.41) is 11.5. The second-order valence-electron chi connectivity index (χ2n) is 4.40. The normalized spacial score (nSPS) is 11.4. The van der Waals surface area contributed by atoms with Gasteiger partial charge in [0.25, 0.3) is 5.91 Å². The van der Waals surface area contributed by atoms with E-state index in [9.17, 15) is 4.79 Å². The van der Waals surface area contributed by atoms with Crippen LogP contribution in [0.1, 0.15) is 25.8 Å². The second-order valence-corrected chi connectivity index (χ2v) is 4.40. The topological polar surface area (TPSA) is 62.1 Å². The van der Waals surface area contributed by atoms with Gasteiger partial charge in [-0.1, -0.05) is 11.6 Å². The Morgan fingerprint density at radius 3 is 2.95 bits per heavy atom. The first-order chi connectivity index (χ1) is 9.02. The van der Waals surface area contributed by atoms with Gasteiger partial charge in [0.2, 0.25) is 0 Å². The molecule has 100 valence electrons. The molecule has 19 heavy (non-hydrogen) atoms. The van der Waals surface area contributed by atoms with Crippen molar-refractivity contribution < 1.29 is 9.53 Å². The Balaban J connectivity index is 2.49. The standard InChI is InChI=1S/C15H18N2O2/c1-11(2)7-8-19-12(3)15(18)17-14-6-4-5-13(9-14)10-16/h4-6,9,12H,1,7-8H2,2-3H3,(H,17,18). The average Bonchev–Trinajstić information content (AvgIpc) is 2.38. The SMILES string of the molecule is C=C(C)CCOC(C)C(=O)Nc1cccc(C#N)c1. The number of nitrogens with one attached hydrogen (secondary N) is 1. The van der Waals surface area contributed by atoms with Crippen molar-refractivity contribution in [3.05, 3.63) is 42.0 Å². The third kappa shape index (κ3) is 5.36. The van der Waals surface area contributed by atoms with Crippen LogP contribution in [0.3, 0.4) is 0 Å². The number of carbonyl (C=O) groups is 1. The van der Waals surface area contributed by atoms with Gasteiger partial charge < -0.3 is 10.1 Å². The van der Waals surface area contributed by atoms with E-state index in [1.54, 1.807) is 31.2 Å². The number of hydrogen-bond acceptors (Lipinski definition) is 3. The number of anilines is 1. The van der Waals surface area contributed by atoms with Crippen molar-refractivity contribution in [3.8, 4) is 6.07 Å². The molecule has 1 aromatic rings. The zero-order valence-corrected chi connectivity index (χ0v) is 11.3. The summed E-state index contributed by atoms with van der Waals surface area (Å²) >= 11 is 0. The molecule has 1 rings (SSSR count). The molecule has 0 heterocycles. The monoisotopic (exact) mass is 258 g/mol. The minimum absolute atomic E-state index is 0.225. The lowest BCUT2D eigenvalue weighted by Crippen LogP contribution is -2.28. The predicted octanol–water partition coefficient (Wildman–Crippen LogP) is 2.87. The van der Waals surface area contributed by atoms with Crippen LogP contribution in [0.25, 0.3) is 0 Å². The minimum Gasteiger partial charge on any atom is -0.368 e. The molecule has 0 aromatic heterocycles. The average molecular weight is 258 g/mol. The number of amides is 1. The van der Waals surface area contributed by atoms with Gasteiger partial charge in [0.05, 0.1) is 18.2 Å². The molecule has 4 nitrogen and oxygen atoms in total. The van der Waals surface area contributed by atoms with Crippen LogP contribution < -0.4 is 5.32 Å². The largest absolute Gasteiger partial charge is 0.368 e. The Labute approximate surface area is 113 Å². The highest BCUT2D eigenvalue weighted by Gasteiger charge is 2.13. The number of nitrogens with zero attached hydrogens (tertiary/aromatic N) is 1. The lowest BCUT2D eigenvalue weighted by Gasteiger charge is -2.13. The number of nitriles is 1. The second kappa shape index (κ2) is 7.34. The summed E-state index contributed by atoms with van der Waals surface area (Å²) in [6.45, 7) is 7.86. The number of rotatable bonds is 6. The summed E-state index contributed by atoms with van der Waals surface area (Å²) in [6, 6.07) is 8.79. The lowest BCUT2D eigenvalue weighted by atomic mass is 10.2. The Morgan fingerprint density at radius 2 is 2.32 bits per heavy atom. The van der Waals surface area contributed by atoms with Crippen LogP contribution in [-0.4, -0.2) is 18.6 Å². The predicted molar refractivity (Wildman–Crippen MR) is 74.6 cm³/mol. The summed E-state index contributed by atoms with van der Waals surface area (Å²) in [5.74, 6) is -0.225. The fourth-order valence-electron chi connectivity index (χ4n) is 1.40. The van der Waals surface area contributed by atoms with Gasteiger partial charge in [-0.25, -0.2) is 0 Å². The minimum atomic E-state index is -0.537. The van der Waals surface area contributed by atoms with Gasteiger partial charge in [0.15, 0.2) is 0 Å². The molecule has 1 amide bonds. The highest BCUT2D eigenvalue weighted by molar-refractivity contribution is 5.94. The van der Waals surface area contributed by atoms with Gasteiger partial charge in [0.1, 0.15) is 6.10 Å². The van der Waals surface area contributed by atoms with Crippen LogP contribution in [0.5, 0.6) is 0 Å². The molecule has 1 atom stereocenters. The number of ether oxygens (including phenoxy) is 1. The Bertz CT molecular complexity index is 503. The Morgan fingerprint density at radius 1 is 1.58 bits per heavy atom.